The summed E-state index contributed by atoms with van der Waals surface area (Å²) in [5, 5.41) is 13.4. The first-order valence-electron chi connectivity index (χ1n) is 6.66. The summed E-state index contributed by atoms with van der Waals surface area (Å²) in [4.78, 5) is 11.4. The average Bonchev–Trinajstić information content (AvgIpc) is 2.33. The van der Waals surface area contributed by atoms with Gasteiger partial charge in [-0.3, -0.25) is 4.79 Å². The maximum absolute atomic E-state index is 11.4. The average molecular weight is 241 g/mol. The fourth-order valence-corrected chi connectivity index (χ4v) is 2.80. The van der Waals surface area contributed by atoms with E-state index in [1.807, 2.05) is 0 Å². The minimum atomic E-state index is -0.445. The van der Waals surface area contributed by atoms with Crippen LogP contribution in [0.3, 0.4) is 0 Å². The molecule has 2 fully saturated rings. The van der Waals surface area contributed by atoms with Crippen molar-refractivity contribution >= 4 is 5.97 Å². The summed E-state index contributed by atoms with van der Waals surface area (Å²) in [5.74, 6) is 0.0194. The number of carbonyl (C=O) groups is 1. The molecule has 0 radical (unpaired) electrons. The minimum absolute atomic E-state index is 0.0685. The van der Waals surface area contributed by atoms with Crippen molar-refractivity contribution in [1.82, 2.24) is 5.32 Å². The lowest BCUT2D eigenvalue weighted by Crippen LogP contribution is -2.49. The van der Waals surface area contributed by atoms with Gasteiger partial charge in [0.2, 0.25) is 0 Å². The summed E-state index contributed by atoms with van der Waals surface area (Å²) < 4.78 is 4.77. The standard InChI is InChI=1S/C13H23NO3/c1-17-12(15)10-3-5-11(6-4-10)14-9-13(16)7-2-8-13/h10-11,14,16H,2-9H2,1H3. The Morgan fingerprint density at radius 3 is 2.47 bits per heavy atom. The van der Waals surface area contributed by atoms with Gasteiger partial charge in [-0.15, -0.1) is 0 Å². The second-order valence-electron chi connectivity index (χ2n) is 5.53. The zero-order valence-electron chi connectivity index (χ0n) is 10.6. The third-order valence-electron chi connectivity index (χ3n) is 4.27. The van der Waals surface area contributed by atoms with Gasteiger partial charge in [-0.25, -0.2) is 0 Å². The molecule has 0 unspecified atom stereocenters. The first-order valence-corrected chi connectivity index (χ1v) is 6.66. The molecule has 0 spiro atoms. The lowest BCUT2D eigenvalue weighted by Gasteiger charge is -2.39. The van der Waals surface area contributed by atoms with Gasteiger partial charge in [0.15, 0.2) is 0 Å². The molecular weight excluding hydrogens is 218 g/mol. The van der Waals surface area contributed by atoms with Crippen LogP contribution < -0.4 is 5.32 Å². The van der Waals surface area contributed by atoms with Crippen molar-refractivity contribution in [2.75, 3.05) is 13.7 Å². The predicted octanol–water partition coefficient (Wildman–Crippen LogP) is 1.22. The Balaban J connectivity index is 1.67. The molecule has 0 atom stereocenters. The Labute approximate surface area is 103 Å². The first kappa shape index (κ1) is 12.8. The quantitative estimate of drug-likeness (QED) is 0.727. The maximum atomic E-state index is 11.4. The third kappa shape index (κ3) is 3.19. The van der Waals surface area contributed by atoms with Gasteiger partial charge in [0.25, 0.3) is 0 Å². The van der Waals surface area contributed by atoms with E-state index in [1.165, 1.54) is 7.11 Å². The van der Waals surface area contributed by atoms with Gasteiger partial charge in [0.05, 0.1) is 18.6 Å². The molecule has 0 aliphatic heterocycles. The van der Waals surface area contributed by atoms with Crippen molar-refractivity contribution in [3.63, 3.8) is 0 Å². The Bertz CT molecular complexity index is 268. The van der Waals surface area contributed by atoms with Crippen LogP contribution in [0, 0.1) is 5.92 Å². The lowest BCUT2D eigenvalue weighted by molar-refractivity contribution is -0.146. The highest BCUT2D eigenvalue weighted by Gasteiger charge is 2.35. The molecule has 2 saturated carbocycles. The number of carbonyl (C=O) groups excluding carboxylic acids is 1. The molecule has 2 rings (SSSR count). The van der Waals surface area contributed by atoms with Gasteiger partial charge in [0, 0.05) is 12.6 Å². The van der Waals surface area contributed by atoms with Crippen molar-refractivity contribution in [3.8, 4) is 0 Å². The molecule has 4 heteroatoms. The highest BCUT2D eigenvalue weighted by Crippen LogP contribution is 2.31. The Morgan fingerprint density at radius 1 is 1.35 bits per heavy atom. The number of ether oxygens (including phenoxy) is 1. The van der Waals surface area contributed by atoms with Crippen LogP contribution in [0.25, 0.3) is 0 Å². The van der Waals surface area contributed by atoms with Crippen LogP contribution in [0.15, 0.2) is 0 Å². The molecule has 0 amide bonds. The van der Waals surface area contributed by atoms with Crippen molar-refractivity contribution in [1.29, 1.82) is 0 Å². The van der Waals surface area contributed by atoms with E-state index in [4.69, 9.17) is 4.74 Å². The van der Waals surface area contributed by atoms with Crippen LogP contribution in [0.4, 0.5) is 0 Å². The Morgan fingerprint density at radius 2 is 2.00 bits per heavy atom. The number of methoxy groups -OCH3 is 1. The zero-order chi connectivity index (χ0) is 12.3. The zero-order valence-corrected chi connectivity index (χ0v) is 10.6. The summed E-state index contributed by atoms with van der Waals surface area (Å²) >= 11 is 0. The minimum Gasteiger partial charge on any atom is -0.469 e. The van der Waals surface area contributed by atoms with E-state index in [-0.39, 0.29) is 11.9 Å². The van der Waals surface area contributed by atoms with E-state index in [2.05, 4.69) is 5.32 Å². The number of esters is 1. The van der Waals surface area contributed by atoms with Crippen LogP contribution in [0.1, 0.15) is 44.9 Å². The summed E-state index contributed by atoms with van der Waals surface area (Å²) in [6.45, 7) is 0.709. The molecule has 4 nitrogen and oxygen atoms in total. The Kier molecular flexibility index (Phi) is 4.05. The number of hydrogen-bond donors (Lipinski definition) is 2. The second-order valence-corrected chi connectivity index (χ2v) is 5.53. The molecule has 0 aromatic carbocycles. The third-order valence-corrected chi connectivity index (χ3v) is 4.27. The predicted molar refractivity (Wildman–Crippen MR) is 64.6 cm³/mol. The van der Waals surface area contributed by atoms with E-state index in [1.54, 1.807) is 0 Å². The Hall–Kier alpha value is -0.610. The molecule has 2 aliphatic carbocycles. The molecule has 0 aromatic heterocycles. The maximum Gasteiger partial charge on any atom is 0.308 e. The van der Waals surface area contributed by atoms with Crippen LogP contribution >= 0.6 is 0 Å². The molecule has 2 aliphatic rings. The van der Waals surface area contributed by atoms with Crippen molar-refractivity contribution in [2.45, 2.75) is 56.6 Å². The second kappa shape index (κ2) is 5.36. The number of aliphatic hydroxyl groups is 1. The van der Waals surface area contributed by atoms with Gasteiger partial charge < -0.3 is 15.2 Å². The van der Waals surface area contributed by atoms with Gasteiger partial charge in [-0.05, 0) is 44.9 Å². The molecular formula is C13H23NO3. The topological polar surface area (TPSA) is 58.6 Å². The van der Waals surface area contributed by atoms with Gasteiger partial charge >= 0.3 is 5.97 Å². The normalized spacial score (nSPS) is 31.6. The van der Waals surface area contributed by atoms with E-state index in [0.29, 0.717) is 12.6 Å². The monoisotopic (exact) mass is 241 g/mol. The summed E-state index contributed by atoms with van der Waals surface area (Å²) in [6, 6.07) is 0.459. The lowest BCUT2D eigenvalue weighted by atomic mass is 9.79. The highest BCUT2D eigenvalue weighted by molar-refractivity contribution is 5.72. The van der Waals surface area contributed by atoms with E-state index >= 15 is 0 Å². The first-order chi connectivity index (χ1) is 8.13. The molecule has 98 valence electrons. The van der Waals surface area contributed by atoms with E-state index in [0.717, 1.165) is 44.9 Å². The largest absolute Gasteiger partial charge is 0.469 e. The highest BCUT2D eigenvalue weighted by atomic mass is 16.5. The van der Waals surface area contributed by atoms with E-state index in [9.17, 15) is 9.90 Å². The van der Waals surface area contributed by atoms with Crippen LogP contribution in [0.2, 0.25) is 0 Å². The fraction of sp³-hybridized carbons (Fsp3) is 0.923. The van der Waals surface area contributed by atoms with E-state index < -0.39 is 5.60 Å². The molecule has 0 heterocycles. The summed E-state index contributed by atoms with van der Waals surface area (Å²) in [6.07, 6.45) is 6.83. The van der Waals surface area contributed by atoms with Crippen molar-refractivity contribution in [3.05, 3.63) is 0 Å². The molecule has 0 aromatic rings. The van der Waals surface area contributed by atoms with Crippen LogP contribution in [-0.2, 0) is 9.53 Å². The number of hydrogen-bond acceptors (Lipinski definition) is 4. The number of rotatable bonds is 4. The van der Waals surface area contributed by atoms with Crippen LogP contribution in [-0.4, -0.2) is 36.4 Å². The van der Waals surface area contributed by atoms with Gasteiger partial charge in [0.1, 0.15) is 0 Å². The van der Waals surface area contributed by atoms with Crippen molar-refractivity contribution in [2.24, 2.45) is 5.92 Å². The van der Waals surface area contributed by atoms with Crippen molar-refractivity contribution < 1.29 is 14.6 Å². The molecule has 17 heavy (non-hydrogen) atoms. The van der Waals surface area contributed by atoms with Crippen LogP contribution in [0.5, 0.6) is 0 Å². The summed E-state index contributed by atoms with van der Waals surface area (Å²) in [5.41, 5.74) is -0.445. The molecule has 0 bridgehead atoms. The molecule has 2 N–H and O–H groups in total. The van der Waals surface area contributed by atoms with Gasteiger partial charge in [-0.1, -0.05) is 0 Å². The fourth-order valence-electron chi connectivity index (χ4n) is 2.80. The molecule has 0 saturated heterocycles. The van der Waals surface area contributed by atoms with Gasteiger partial charge in [-0.2, -0.15) is 0 Å². The smallest absolute Gasteiger partial charge is 0.308 e. The summed E-state index contributed by atoms with van der Waals surface area (Å²) in [7, 11) is 1.46. The SMILES string of the molecule is COC(=O)C1CCC(NCC2(O)CCC2)CC1. The number of nitrogens with one attached hydrogen (secondary N) is 1.